The van der Waals surface area contributed by atoms with Crippen LogP contribution in [0.5, 0.6) is 5.75 Å². The lowest BCUT2D eigenvalue weighted by molar-refractivity contribution is -0.119. The van der Waals surface area contributed by atoms with Crippen LogP contribution in [0.3, 0.4) is 0 Å². The topological polar surface area (TPSA) is 106 Å². The average molecular weight is 422 g/mol. The third-order valence-corrected chi connectivity index (χ3v) is 4.96. The van der Waals surface area contributed by atoms with E-state index in [1.807, 2.05) is 36.6 Å². The van der Waals surface area contributed by atoms with Crippen LogP contribution in [-0.2, 0) is 9.53 Å². The molecule has 4 rings (SSSR count). The van der Waals surface area contributed by atoms with E-state index in [2.05, 4.69) is 20.3 Å². The van der Waals surface area contributed by atoms with Gasteiger partial charge in [0.2, 0.25) is 0 Å². The number of thiazole rings is 1. The van der Waals surface area contributed by atoms with Crippen molar-refractivity contribution in [2.24, 2.45) is 0 Å². The van der Waals surface area contributed by atoms with Crippen LogP contribution < -0.4 is 10.1 Å². The van der Waals surface area contributed by atoms with Gasteiger partial charge in [-0.25, -0.2) is 14.8 Å². The third-order valence-electron chi connectivity index (χ3n) is 4.20. The van der Waals surface area contributed by atoms with Crippen molar-refractivity contribution in [2.45, 2.75) is 6.92 Å². The van der Waals surface area contributed by atoms with Crippen molar-refractivity contribution < 1.29 is 19.1 Å². The number of carbonyl (C=O) groups excluding carboxylic acids is 2. The largest absolute Gasteiger partial charge is 0.494 e. The molecule has 2 N–H and O–H groups in total. The van der Waals surface area contributed by atoms with Gasteiger partial charge in [0.05, 0.1) is 35.2 Å². The normalized spacial score (nSPS) is 10.7. The maximum atomic E-state index is 12.2. The monoisotopic (exact) mass is 422 g/mol. The summed E-state index contributed by atoms with van der Waals surface area (Å²) in [5, 5.41) is 4.92. The summed E-state index contributed by atoms with van der Waals surface area (Å²) in [4.78, 5) is 35.7. The van der Waals surface area contributed by atoms with Gasteiger partial charge in [-0.2, -0.15) is 0 Å². The second-order valence-corrected chi connectivity index (χ2v) is 7.11. The third kappa shape index (κ3) is 4.47. The van der Waals surface area contributed by atoms with Crippen molar-refractivity contribution >= 4 is 39.4 Å². The number of imidazole rings is 1. The standard InChI is InChI=1S/C21H18N4O4S/c1-2-28-15-6-3-13(4-7-15)18-11-30-21(24-18)25-19(26)10-29-20(27)14-5-8-16-17(9-14)23-12-22-16/h3-9,11-12H,2,10H2,1H3,(H,22,23)(H,24,25,26). The van der Waals surface area contributed by atoms with Crippen LogP contribution in [0.1, 0.15) is 17.3 Å². The molecule has 0 fully saturated rings. The molecule has 2 aromatic heterocycles. The molecule has 2 heterocycles. The molecular formula is C21H18N4O4S. The predicted molar refractivity (Wildman–Crippen MR) is 114 cm³/mol. The van der Waals surface area contributed by atoms with Crippen LogP contribution in [0.25, 0.3) is 22.3 Å². The van der Waals surface area contributed by atoms with E-state index in [0.717, 1.165) is 28.0 Å². The first-order valence-electron chi connectivity index (χ1n) is 9.21. The van der Waals surface area contributed by atoms with Gasteiger partial charge in [-0.3, -0.25) is 10.1 Å². The molecule has 0 aliphatic rings. The summed E-state index contributed by atoms with van der Waals surface area (Å²) in [6, 6.07) is 12.5. The quantitative estimate of drug-likeness (QED) is 0.438. The highest BCUT2D eigenvalue weighted by molar-refractivity contribution is 7.14. The first kappa shape index (κ1) is 19.6. The van der Waals surface area contributed by atoms with Gasteiger partial charge in [-0.1, -0.05) is 0 Å². The van der Waals surface area contributed by atoms with E-state index in [1.165, 1.54) is 11.3 Å². The van der Waals surface area contributed by atoms with Crippen molar-refractivity contribution in [3.8, 4) is 17.0 Å². The lowest BCUT2D eigenvalue weighted by Crippen LogP contribution is -2.20. The number of H-pyrrole nitrogens is 1. The van der Waals surface area contributed by atoms with Crippen LogP contribution in [0.15, 0.2) is 54.2 Å². The summed E-state index contributed by atoms with van der Waals surface area (Å²) in [5.74, 6) is -0.257. The highest BCUT2D eigenvalue weighted by Crippen LogP contribution is 2.26. The number of nitrogens with one attached hydrogen (secondary N) is 2. The van der Waals surface area contributed by atoms with E-state index >= 15 is 0 Å². The summed E-state index contributed by atoms with van der Waals surface area (Å²) in [7, 11) is 0. The van der Waals surface area contributed by atoms with E-state index in [1.54, 1.807) is 24.5 Å². The summed E-state index contributed by atoms with van der Waals surface area (Å²) >= 11 is 1.29. The summed E-state index contributed by atoms with van der Waals surface area (Å²) in [5.41, 5.74) is 3.46. The van der Waals surface area contributed by atoms with Gasteiger partial charge in [0.1, 0.15) is 5.75 Å². The Morgan fingerprint density at radius 2 is 2.00 bits per heavy atom. The zero-order valence-corrected chi connectivity index (χ0v) is 16.9. The number of amides is 1. The van der Waals surface area contributed by atoms with E-state index in [4.69, 9.17) is 9.47 Å². The Bertz CT molecular complexity index is 1180. The van der Waals surface area contributed by atoms with E-state index in [0.29, 0.717) is 17.3 Å². The number of hydrogen-bond acceptors (Lipinski definition) is 7. The fraction of sp³-hybridized carbons (Fsp3) is 0.143. The molecule has 30 heavy (non-hydrogen) atoms. The van der Waals surface area contributed by atoms with Crippen LogP contribution in [0.2, 0.25) is 0 Å². The number of carbonyl (C=O) groups is 2. The molecule has 0 aliphatic heterocycles. The second-order valence-electron chi connectivity index (χ2n) is 6.25. The maximum absolute atomic E-state index is 12.2. The maximum Gasteiger partial charge on any atom is 0.338 e. The van der Waals surface area contributed by atoms with Crippen molar-refractivity contribution in [1.82, 2.24) is 15.0 Å². The molecule has 0 saturated heterocycles. The number of nitrogens with zero attached hydrogens (tertiary/aromatic N) is 2. The second kappa shape index (κ2) is 8.75. The van der Waals surface area contributed by atoms with Gasteiger partial charge in [-0.15, -0.1) is 11.3 Å². The first-order chi connectivity index (χ1) is 14.6. The number of anilines is 1. The molecule has 2 aromatic carbocycles. The SMILES string of the molecule is CCOc1ccc(-c2csc(NC(=O)COC(=O)c3ccc4nc[nH]c4c3)n2)cc1. The summed E-state index contributed by atoms with van der Waals surface area (Å²) < 4.78 is 10.5. The number of fused-ring (bicyclic) bond motifs is 1. The Morgan fingerprint density at radius 3 is 2.80 bits per heavy atom. The molecule has 0 atom stereocenters. The zero-order chi connectivity index (χ0) is 20.9. The molecule has 0 spiro atoms. The van der Waals surface area contributed by atoms with Gasteiger partial charge in [0, 0.05) is 10.9 Å². The minimum atomic E-state index is -0.587. The van der Waals surface area contributed by atoms with Crippen molar-refractivity contribution in [3.63, 3.8) is 0 Å². The van der Waals surface area contributed by atoms with Crippen molar-refractivity contribution in [1.29, 1.82) is 0 Å². The van der Waals surface area contributed by atoms with Gasteiger partial charge >= 0.3 is 5.97 Å². The minimum absolute atomic E-state index is 0.339. The Labute approximate surface area is 175 Å². The number of ether oxygens (including phenoxy) is 2. The molecule has 152 valence electrons. The zero-order valence-electron chi connectivity index (χ0n) is 16.0. The van der Waals surface area contributed by atoms with Gasteiger partial charge in [-0.05, 0) is 49.4 Å². The van der Waals surface area contributed by atoms with Crippen molar-refractivity contribution in [3.05, 3.63) is 59.7 Å². The number of hydrogen-bond donors (Lipinski definition) is 2. The molecule has 0 bridgehead atoms. The lowest BCUT2D eigenvalue weighted by Gasteiger charge is -2.05. The molecule has 1 amide bonds. The van der Waals surface area contributed by atoms with Crippen LogP contribution >= 0.6 is 11.3 Å². The fourth-order valence-corrected chi connectivity index (χ4v) is 3.52. The summed E-state index contributed by atoms with van der Waals surface area (Å²) in [6.07, 6.45) is 1.54. The lowest BCUT2D eigenvalue weighted by atomic mass is 10.2. The number of aromatic nitrogens is 3. The molecule has 0 saturated carbocycles. The molecule has 9 heteroatoms. The molecular weight excluding hydrogens is 404 g/mol. The number of esters is 1. The Balaban J connectivity index is 1.32. The number of rotatable bonds is 7. The Kier molecular flexibility index (Phi) is 5.71. The molecule has 4 aromatic rings. The van der Waals surface area contributed by atoms with Crippen LogP contribution in [0, 0.1) is 0 Å². The van der Waals surface area contributed by atoms with E-state index in [9.17, 15) is 9.59 Å². The van der Waals surface area contributed by atoms with Gasteiger partial charge in [0.25, 0.3) is 5.91 Å². The number of benzene rings is 2. The fourth-order valence-electron chi connectivity index (χ4n) is 2.78. The highest BCUT2D eigenvalue weighted by atomic mass is 32.1. The first-order valence-corrected chi connectivity index (χ1v) is 10.1. The smallest absolute Gasteiger partial charge is 0.338 e. The van der Waals surface area contributed by atoms with Gasteiger partial charge in [0.15, 0.2) is 11.7 Å². The average Bonchev–Trinajstić information content (AvgIpc) is 3.41. The molecule has 0 radical (unpaired) electrons. The Morgan fingerprint density at radius 1 is 1.17 bits per heavy atom. The molecule has 0 aliphatic carbocycles. The van der Waals surface area contributed by atoms with Crippen molar-refractivity contribution in [2.75, 3.05) is 18.5 Å². The minimum Gasteiger partial charge on any atom is -0.494 e. The highest BCUT2D eigenvalue weighted by Gasteiger charge is 2.13. The van der Waals surface area contributed by atoms with E-state index < -0.39 is 18.5 Å². The predicted octanol–water partition coefficient (Wildman–Crippen LogP) is 3.88. The van der Waals surface area contributed by atoms with Crippen LogP contribution in [-0.4, -0.2) is 40.0 Å². The summed E-state index contributed by atoms with van der Waals surface area (Å²) in [6.45, 7) is 2.13. The van der Waals surface area contributed by atoms with Crippen LogP contribution in [0.4, 0.5) is 5.13 Å². The Hall–Kier alpha value is -3.72. The molecule has 0 unspecified atom stereocenters. The van der Waals surface area contributed by atoms with Gasteiger partial charge < -0.3 is 14.5 Å². The van der Waals surface area contributed by atoms with E-state index in [-0.39, 0.29) is 0 Å². The molecule has 8 nitrogen and oxygen atoms in total. The number of aromatic amines is 1.